The first-order valence-electron chi connectivity index (χ1n) is 9.05. The van der Waals surface area contributed by atoms with E-state index in [4.69, 9.17) is 0 Å². The van der Waals surface area contributed by atoms with Crippen molar-refractivity contribution in [2.75, 3.05) is 22.6 Å². The van der Waals surface area contributed by atoms with Gasteiger partial charge in [-0.3, -0.25) is 10.1 Å². The standard InChI is InChI=1S/C18H23N5O4S2/c1-11-4-5-14(12(2)8-11)19-17(25)20-15(24)9-28-18-22-21-16(23(18)3)13-6-7-29(26,27)10-13/h4-5,8,13H,6-7,9-10H2,1-3H3,(H2,19,20,24,25). The molecule has 9 nitrogen and oxygen atoms in total. The average Bonchev–Trinajstić information content (AvgIpc) is 3.17. The van der Waals surface area contributed by atoms with Gasteiger partial charge in [-0.05, 0) is 31.9 Å². The van der Waals surface area contributed by atoms with Gasteiger partial charge in [-0.1, -0.05) is 29.5 Å². The number of thioether (sulfide) groups is 1. The van der Waals surface area contributed by atoms with Crippen molar-refractivity contribution >= 4 is 39.2 Å². The van der Waals surface area contributed by atoms with E-state index in [1.54, 1.807) is 17.7 Å². The zero-order valence-electron chi connectivity index (χ0n) is 16.4. The van der Waals surface area contributed by atoms with E-state index in [2.05, 4.69) is 20.8 Å². The van der Waals surface area contributed by atoms with Crippen LogP contribution in [-0.4, -0.2) is 52.4 Å². The fourth-order valence-corrected chi connectivity index (χ4v) is 5.66. The highest BCUT2D eigenvalue weighted by atomic mass is 32.2. The molecular weight excluding hydrogens is 414 g/mol. The van der Waals surface area contributed by atoms with Crippen LogP contribution >= 0.6 is 11.8 Å². The van der Waals surface area contributed by atoms with E-state index in [9.17, 15) is 18.0 Å². The molecule has 2 aromatic rings. The number of aryl methyl sites for hydroxylation is 2. The van der Waals surface area contributed by atoms with Crippen LogP contribution in [0.25, 0.3) is 0 Å². The first kappa shape index (κ1) is 21.3. The molecule has 0 spiro atoms. The number of sulfone groups is 1. The first-order chi connectivity index (χ1) is 13.6. The van der Waals surface area contributed by atoms with Gasteiger partial charge in [-0.25, -0.2) is 13.2 Å². The molecule has 1 unspecified atom stereocenters. The molecule has 0 aliphatic carbocycles. The number of amides is 3. The molecule has 2 heterocycles. The van der Waals surface area contributed by atoms with Crippen molar-refractivity contribution in [3.63, 3.8) is 0 Å². The predicted molar refractivity (Wildman–Crippen MR) is 111 cm³/mol. The van der Waals surface area contributed by atoms with Crippen LogP contribution in [0.5, 0.6) is 0 Å². The lowest BCUT2D eigenvalue weighted by molar-refractivity contribution is -0.117. The molecule has 3 amide bonds. The van der Waals surface area contributed by atoms with Gasteiger partial charge in [0.15, 0.2) is 15.0 Å². The van der Waals surface area contributed by atoms with Crippen molar-refractivity contribution in [1.29, 1.82) is 0 Å². The quantitative estimate of drug-likeness (QED) is 0.683. The SMILES string of the molecule is Cc1ccc(NC(=O)NC(=O)CSc2nnc(C3CCS(=O)(=O)C3)n2C)c(C)c1. The molecule has 1 aliphatic rings. The van der Waals surface area contributed by atoms with Gasteiger partial charge >= 0.3 is 6.03 Å². The molecule has 1 atom stereocenters. The highest BCUT2D eigenvalue weighted by molar-refractivity contribution is 7.99. The van der Waals surface area contributed by atoms with E-state index < -0.39 is 21.8 Å². The van der Waals surface area contributed by atoms with Gasteiger partial charge in [-0.2, -0.15) is 0 Å². The van der Waals surface area contributed by atoms with Crippen LogP contribution < -0.4 is 10.6 Å². The summed E-state index contributed by atoms with van der Waals surface area (Å²) in [5.74, 6) is 0.166. The Kier molecular flexibility index (Phi) is 6.27. The Bertz CT molecular complexity index is 1050. The second-order valence-corrected chi connectivity index (χ2v) is 10.3. The molecular formula is C18H23N5O4S2. The van der Waals surface area contributed by atoms with Crippen LogP contribution in [0.3, 0.4) is 0 Å². The normalized spacial score (nSPS) is 17.8. The van der Waals surface area contributed by atoms with Gasteiger partial charge < -0.3 is 9.88 Å². The van der Waals surface area contributed by atoms with E-state index in [-0.39, 0.29) is 23.2 Å². The lowest BCUT2D eigenvalue weighted by Crippen LogP contribution is -2.35. The van der Waals surface area contributed by atoms with Crippen molar-refractivity contribution in [1.82, 2.24) is 20.1 Å². The number of anilines is 1. The number of urea groups is 1. The summed E-state index contributed by atoms with van der Waals surface area (Å²) in [4.78, 5) is 24.1. The molecule has 2 N–H and O–H groups in total. The minimum atomic E-state index is -3.02. The second kappa shape index (κ2) is 8.54. The Labute approximate surface area is 173 Å². The Morgan fingerprint density at radius 3 is 2.69 bits per heavy atom. The maximum Gasteiger partial charge on any atom is 0.325 e. The summed E-state index contributed by atoms with van der Waals surface area (Å²) < 4.78 is 25.0. The van der Waals surface area contributed by atoms with Crippen molar-refractivity contribution in [2.24, 2.45) is 7.05 Å². The van der Waals surface area contributed by atoms with Gasteiger partial charge in [-0.15, -0.1) is 10.2 Å². The summed E-state index contributed by atoms with van der Waals surface area (Å²) in [6.07, 6.45) is 0.526. The maximum atomic E-state index is 12.1. The smallest absolute Gasteiger partial charge is 0.309 e. The number of hydrogen-bond acceptors (Lipinski definition) is 7. The molecule has 3 rings (SSSR count). The molecule has 29 heavy (non-hydrogen) atoms. The predicted octanol–water partition coefficient (Wildman–Crippen LogP) is 1.77. The van der Waals surface area contributed by atoms with E-state index >= 15 is 0 Å². The number of nitrogens with zero attached hydrogens (tertiary/aromatic N) is 3. The fraction of sp³-hybridized carbons (Fsp3) is 0.444. The van der Waals surface area contributed by atoms with Gasteiger partial charge in [0.1, 0.15) is 5.82 Å². The van der Waals surface area contributed by atoms with Crippen LogP contribution in [0, 0.1) is 13.8 Å². The number of hydrogen-bond donors (Lipinski definition) is 2. The molecule has 1 aromatic carbocycles. The van der Waals surface area contributed by atoms with Crippen molar-refractivity contribution in [3.05, 3.63) is 35.2 Å². The summed E-state index contributed by atoms with van der Waals surface area (Å²) in [5.41, 5.74) is 2.62. The summed E-state index contributed by atoms with van der Waals surface area (Å²) in [6.45, 7) is 3.84. The minimum absolute atomic E-state index is 0.0186. The molecule has 156 valence electrons. The topological polar surface area (TPSA) is 123 Å². The summed E-state index contributed by atoms with van der Waals surface area (Å²) in [5, 5.41) is 13.6. The van der Waals surface area contributed by atoms with Crippen molar-refractivity contribution in [2.45, 2.75) is 31.3 Å². The number of imide groups is 1. The van der Waals surface area contributed by atoms with Gasteiger partial charge in [0.05, 0.1) is 17.3 Å². The number of benzene rings is 1. The Hall–Kier alpha value is -2.40. The van der Waals surface area contributed by atoms with Crippen LogP contribution in [0.4, 0.5) is 10.5 Å². The van der Waals surface area contributed by atoms with Crippen LogP contribution in [0.15, 0.2) is 23.4 Å². The zero-order valence-corrected chi connectivity index (χ0v) is 18.1. The maximum absolute atomic E-state index is 12.1. The number of nitrogens with one attached hydrogen (secondary N) is 2. The van der Waals surface area contributed by atoms with Gasteiger partial charge in [0.2, 0.25) is 5.91 Å². The minimum Gasteiger partial charge on any atom is -0.309 e. The van der Waals surface area contributed by atoms with E-state index in [1.165, 1.54) is 0 Å². The number of rotatable bonds is 5. The highest BCUT2D eigenvalue weighted by Crippen LogP contribution is 2.29. The van der Waals surface area contributed by atoms with E-state index in [0.29, 0.717) is 23.1 Å². The van der Waals surface area contributed by atoms with Gasteiger partial charge in [0.25, 0.3) is 0 Å². The number of carbonyl (C=O) groups is 2. The molecule has 0 bridgehead atoms. The molecule has 11 heteroatoms. The monoisotopic (exact) mass is 437 g/mol. The summed E-state index contributed by atoms with van der Waals surface area (Å²) >= 11 is 1.14. The third-order valence-corrected chi connectivity index (χ3v) is 7.47. The first-order valence-corrected chi connectivity index (χ1v) is 11.9. The largest absolute Gasteiger partial charge is 0.325 e. The third-order valence-electron chi connectivity index (χ3n) is 4.68. The third kappa shape index (κ3) is 5.36. The molecule has 1 fully saturated rings. The van der Waals surface area contributed by atoms with Crippen LogP contribution in [0.2, 0.25) is 0 Å². The number of aromatic nitrogens is 3. The fourth-order valence-electron chi connectivity index (χ4n) is 3.21. The Morgan fingerprint density at radius 2 is 2.03 bits per heavy atom. The lowest BCUT2D eigenvalue weighted by Gasteiger charge is -2.10. The Balaban J connectivity index is 1.52. The van der Waals surface area contributed by atoms with Crippen molar-refractivity contribution < 1.29 is 18.0 Å². The molecule has 1 saturated heterocycles. The summed E-state index contributed by atoms with van der Waals surface area (Å²) in [6, 6.07) is 5.00. The average molecular weight is 438 g/mol. The molecule has 0 saturated carbocycles. The van der Waals surface area contributed by atoms with Crippen LogP contribution in [0.1, 0.15) is 29.3 Å². The molecule has 1 aromatic heterocycles. The van der Waals surface area contributed by atoms with E-state index in [0.717, 1.165) is 22.9 Å². The van der Waals surface area contributed by atoms with Crippen molar-refractivity contribution in [3.8, 4) is 0 Å². The van der Waals surface area contributed by atoms with Gasteiger partial charge in [0, 0.05) is 18.7 Å². The molecule has 1 aliphatic heterocycles. The zero-order chi connectivity index (χ0) is 21.2. The molecule has 0 radical (unpaired) electrons. The van der Waals surface area contributed by atoms with E-state index in [1.807, 2.05) is 26.0 Å². The second-order valence-electron chi connectivity index (χ2n) is 7.11. The highest BCUT2D eigenvalue weighted by Gasteiger charge is 2.32. The Morgan fingerprint density at radius 1 is 1.28 bits per heavy atom. The van der Waals surface area contributed by atoms with Crippen LogP contribution in [-0.2, 0) is 21.7 Å². The lowest BCUT2D eigenvalue weighted by atomic mass is 10.1. The summed E-state index contributed by atoms with van der Waals surface area (Å²) in [7, 11) is -1.27. The number of carbonyl (C=O) groups excluding carboxylic acids is 2.